The summed E-state index contributed by atoms with van der Waals surface area (Å²) in [6, 6.07) is 15.3. The quantitative estimate of drug-likeness (QED) is 0.272. The summed E-state index contributed by atoms with van der Waals surface area (Å²) >= 11 is 12.3. The van der Waals surface area contributed by atoms with Gasteiger partial charge in [0, 0.05) is 16.5 Å². The minimum absolute atomic E-state index is 0.235. The number of aromatic amines is 1. The molecule has 2 aromatic heterocycles. The molecule has 4 aromatic rings. The third-order valence-electron chi connectivity index (χ3n) is 4.03. The van der Waals surface area contributed by atoms with Gasteiger partial charge in [-0.25, -0.2) is 4.98 Å². The van der Waals surface area contributed by atoms with Crippen molar-refractivity contribution >= 4 is 50.5 Å². The molecule has 14 heteroatoms. The molecule has 0 aliphatic carbocycles. The molecule has 0 unspecified atom stereocenters. The molecule has 0 atom stereocenters. The van der Waals surface area contributed by atoms with Gasteiger partial charge in [-0.1, -0.05) is 23.2 Å². The molecule has 0 aliphatic heterocycles. The second kappa shape index (κ2) is 10.6. The lowest BCUT2D eigenvalue weighted by Gasteiger charge is -2.11. The van der Waals surface area contributed by atoms with E-state index in [9.17, 15) is 0 Å². The lowest BCUT2D eigenvalue weighted by molar-refractivity contribution is 0.301. The van der Waals surface area contributed by atoms with E-state index in [2.05, 4.69) is 15.2 Å². The number of pyridine rings is 1. The number of hydrogen-bond acceptors (Lipinski definition) is 8. The van der Waals surface area contributed by atoms with Crippen LogP contribution < -0.4 is 15.2 Å². The van der Waals surface area contributed by atoms with Crippen molar-refractivity contribution in [1.82, 2.24) is 15.2 Å². The predicted octanol–water partition coefficient (Wildman–Crippen LogP) is 4.44. The number of H-pyrrole nitrogens is 1. The van der Waals surface area contributed by atoms with Crippen molar-refractivity contribution in [3.05, 3.63) is 69.8 Å². The molecule has 11 nitrogen and oxygen atoms in total. The standard InChI is InChI=1S/C20H13Cl2N5O2.H2O4S/c21-12-5-11(9-23)6-14(7-12)29-18-8-13(1-3-16(18)22)28-10-17-15-2-4-19(24)25-20(15)27-26-17;1-5(2,3)4/h1-8H,10H2,(H3,24,25,26,27);(H2,1,2,3,4). The summed E-state index contributed by atoms with van der Waals surface area (Å²) in [5.41, 5.74) is 7.34. The molecule has 0 saturated heterocycles. The maximum atomic E-state index is 9.07. The summed E-state index contributed by atoms with van der Waals surface area (Å²) < 4.78 is 43.2. The fourth-order valence-electron chi connectivity index (χ4n) is 2.69. The van der Waals surface area contributed by atoms with E-state index in [1.165, 1.54) is 0 Å². The molecular formula is C20H15Cl2N5O6S. The lowest BCUT2D eigenvalue weighted by atomic mass is 10.2. The number of nitriles is 1. The van der Waals surface area contributed by atoms with Crippen molar-refractivity contribution in [2.45, 2.75) is 6.61 Å². The number of ether oxygens (including phenoxy) is 2. The Morgan fingerprint density at radius 3 is 2.53 bits per heavy atom. The van der Waals surface area contributed by atoms with Crippen LogP contribution >= 0.6 is 23.2 Å². The van der Waals surface area contributed by atoms with Gasteiger partial charge in [-0.05, 0) is 42.5 Å². The van der Waals surface area contributed by atoms with Crippen molar-refractivity contribution in [3.63, 3.8) is 0 Å². The summed E-state index contributed by atoms with van der Waals surface area (Å²) in [6.45, 7) is 0.235. The molecular weight excluding hydrogens is 509 g/mol. The second-order valence-corrected chi connectivity index (χ2v) is 8.27. The summed E-state index contributed by atoms with van der Waals surface area (Å²) in [6.07, 6.45) is 0. The van der Waals surface area contributed by atoms with Gasteiger partial charge in [0.25, 0.3) is 0 Å². The van der Waals surface area contributed by atoms with E-state index in [0.29, 0.717) is 44.3 Å². The predicted molar refractivity (Wildman–Crippen MR) is 125 cm³/mol. The van der Waals surface area contributed by atoms with E-state index in [1.807, 2.05) is 12.1 Å². The molecule has 0 aliphatic rings. The number of nitrogen functional groups attached to an aromatic ring is 1. The fraction of sp³-hybridized carbons (Fsp3) is 0.0500. The van der Waals surface area contributed by atoms with Crippen LogP contribution in [0, 0.1) is 11.3 Å². The van der Waals surface area contributed by atoms with E-state index >= 15 is 0 Å². The minimum atomic E-state index is -4.67. The zero-order chi connectivity index (χ0) is 24.9. The van der Waals surface area contributed by atoms with Crippen LogP contribution in [0.15, 0.2) is 48.5 Å². The molecule has 5 N–H and O–H groups in total. The van der Waals surface area contributed by atoms with Gasteiger partial charge in [-0.15, -0.1) is 0 Å². The highest BCUT2D eigenvalue weighted by Crippen LogP contribution is 2.34. The Balaban J connectivity index is 0.000000588. The van der Waals surface area contributed by atoms with Gasteiger partial charge in [0.15, 0.2) is 5.65 Å². The normalized spacial score (nSPS) is 10.8. The Hall–Kier alpha value is -3.60. The number of benzene rings is 2. The van der Waals surface area contributed by atoms with Crippen LogP contribution in [0.25, 0.3) is 11.0 Å². The van der Waals surface area contributed by atoms with Gasteiger partial charge >= 0.3 is 10.4 Å². The van der Waals surface area contributed by atoms with Crippen molar-refractivity contribution in [2.24, 2.45) is 0 Å². The van der Waals surface area contributed by atoms with Gasteiger partial charge in [0.2, 0.25) is 0 Å². The Labute approximate surface area is 203 Å². The molecule has 176 valence electrons. The number of nitrogens with zero attached hydrogens (tertiary/aromatic N) is 3. The number of rotatable bonds is 5. The molecule has 2 aromatic carbocycles. The van der Waals surface area contributed by atoms with E-state index in [-0.39, 0.29) is 6.61 Å². The molecule has 0 spiro atoms. The highest BCUT2D eigenvalue weighted by atomic mass is 35.5. The van der Waals surface area contributed by atoms with Crippen LogP contribution in [0.3, 0.4) is 0 Å². The molecule has 0 saturated carbocycles. The van der Waals surface area contributed by atoms with E-state index in [1.54, 1.807) is 42.5 Å². The number of hydrogen-bond donors (Lipinski definition) is 4. The van der Waals surface area contributed by atoms with Gasteiger partial charge in [0.05, 0.1) is 22.3 Å². The molecule has 0 amide bonds. The smallest absolute Gasteiger partial charge is 0.394 e. The highest BCUT2D eigenvalue weighted by Gasteiger charge is 2.10. The first-order valence-electron chi connectivity index (χ1n) is 9.12. The summed E-state index contributed by atoms with van der Waals surface area (Å²) in [5, 5.41) is 17.7. The van der Waals surface area contributed by atoms with E-state index in [4.69, 9.17) is 61.2 Å². The average molecular weight is 524 g/mol. The first-order chi connectivity index (χ1) is 16.0. The molecule has 4 rings (SSSR count). The van der Waals surface area contributed by atoms with Crippen LogP contribution in [-0.4, -0.2) is 32.7 Å². The van der Waals surface area contributed by atoms with Crippen molar-refractivity contribution in [1.29, 1.82) is 5.26 Å². The molecule has 34 heavy (non-hydrogen) atoms. The Bertz CT molecular complexity index is 1480. The van der Waals surface area contributed by atoms with E-state index < -0.39 is 10.4 Å². The minimum Gasteiger partial charge on any atom is -0.487 e. The zero-order valence-corrected chi connectivity index (χ0v) is 19.3. The number of nitrogens with two attached hydrogens (primary N) is 1. The average Bonchev–Trinajstić information content (AvgIpc) is 3.14. The topological polar surface area (TPSA) is 184 Å². The van der Waals surface area contributed by atoms with Crippen LogP contribution in [0.5, 0.6) is 17.2 Å². The SMILES string of the molecule is N#Cc1cc(Cl)cc(Oc2cc(OCc3[nH]nc4nc(N)ccc34)ccc2Cl)c1.O=S(=O)(O)O. The number of nitrogens with one attached hydrogen (secondary N) is 1. The first-order valence-corrected chi connectivity index (χ1v) is 11.3. The Kier molecular flexibility index (Phi) is 7.77. The lowest BCUT2D eigenvalue weighted by Crippen LogP contribution is -1.97. The van der Waals surface area contributed by atoms with Gasteiger partial charge < -0.3 is 15.2 Å². The van der Waals surface area contributed by atoms with Crippen LogP contribution in [0.2, 0.25) is 10.0 Å². The van der Waals surface area contributed by atoms with Crippen molar-refractivity contribution in [2.75, 3.05) is 5.73 Å². The molecule has 0 bridgehead atoms. The summed E-state index contributed by atoms with van der Waals surface area (Å²) in [5.74, 6) is 1.71. The van der Waals surface area contributed by atoms with Crippen LogP contribution in [0.1, 0.15) is 11.3 Å². The fourth-order valence-corrected chi connectivity index (χ4v) is 3.08. The molecule has 0 fully saturated rings. The van der Waals surface area contributed by atoms with Gasteiger partial charge in [-0.3, -0.25) is 14.2 Å². The molecule has 2 heterocycles. The first kappa shape index (κ1) is 25.0. The summed E-state index contributed by atoms with van der Waals surface area (Å²) in [4.78, 5) is 4.15. The number of halogens is 2. The number of aromatic nitrogens is 3. The van der Waals surface area contributed by atoms with Crippen LogP contribution in [0.4, 0.5) is 5.82 Å². The molecule has 0 radical (unpaired) electrons. The number of anilines is 1. The van der Waals surface area contributed by atoms with Gasteiger partial charge in [-0.2, -0.15) is 18.8 Å². The Morgan fingerprint density at radius 1 is 1.09 bits per heavy atom. The third-order valence-corrected chi connectivity index (χ3v) is 4.56. The van der Waals surface area contributed by atoms with Crippen molar-refractivity contribution < 1.29 is 27.0 Å². The maximum absolute atomic E-state index is 9.07. The summed E-state index contributed by atoms with van der Waals surface area (Å²) in [7, 11) is -4.67. The van der Waals surface area contributed by atoms with E-state index in [0.717, 1.165) is 11.1 Å². The zero-order valence-electron chi connectivity index (χ0n) is 16.9. The number of fused-ring (bicyclic) bond motifs is 1. The largest absolute Gasteiger partial charge is 0.487 e. The third kappa shape index (κ3) is 7.20. The maximum Gasteiger partial charge on any atom is 0.394 e. The van der Waals surface area contributed by atoms with Crippen LogP contribution in [-0.2, 0) is 17.0 Å². The highest BCUT2D eigenvalue weighted by molar-refractivity contribution is 7.79. The Morgan fingerprint density at radius 2 is 1.82 bits per heavy atom. The monoisotopic (exact) mass is 523 g/mol. The van der Waals surface area contributed by atoms with Crippen molar-refractivity contribution in [3.8, 4) is 23.3 Å². The van der Waals surface area contributed by atoms with Gasteiger partial charge in [0.1, 0.15) is 29.7 Å². The second-order valence-electron chi connectivity index (χ2n) is 6.53.